The lowest BCUT2D eigenvalue weighted by atomic mass is 10.1. The van der Waals surface area contributed by atoms with Crippen LogP contribution in [0.15, 0.2) is 95.8 Å². The first-order valence-electron chi connectivity index (χ1n) is 15.7. The molecule has 0 bridgehead atoms. The number of carbonyl (C=O) groups is 2. The number of methoxy groups -OCH3 is 1. The maximum atomic E-state index is 13.6. The predicted octanol–water partition coefficient (Wildman–Crippen LogP) is 6.94. The van der Waals surface area contributed by atoms with E-state index in [4.69, 9.17) is 25.8 Å². The number of aliphatic hydroxyl groups excluding tert-OH is 1. The van der Waals surface area contributed by atoms with Crippen molar-refractivity contribution in [3.05, 3.63) is 133 Å². The normalized spacial score (nSPS) is 14.9. The molecule has 3 N–H and O–H groups in total. The van der Waals surface area contributed by atoms with Crippen LogP contribution in [0.2, 0.25) is 5.02 Å². The lowest BCUT2D eigenvalue weighted by Crippen LogP contribution is -2.32. The molecule has 6 rings (SSSR count). The van der Waals surface area contributed by atoms with E-state index in [-0.39, 0.29) is 34.7 Å². The first-order chi connectivity index (χ1) is 24.2. The number of H-pyrrole nitrogens is 1. The minimum Gasteiger partial charge on any atom is -0.494 e. The van der Waals surface area contributed by atoms with Crippen molar-refractivity contribution in [1.29, 1.82) is 0 Å². The van der Waals surface area contributed by atoms with Gasteiger partial charge in [-0.15, -0.1) is 0 Å². The maximum absolute atomic E-state index is 13.6. The fourth-order valence-corrected chi connectivity index (χ4v) is 7.54. The number of para-hydroxylation sites is 1. The molecule has 13 heteroatoms. The number of halogens is 1. The number of thiazole rings is 1. The van der Waals surface area contributed by atoms with Gasteiger partial charge in [0.2, 0.25) is 11.8 Å². The Morgan fingerprint density at radius 2 is 1.60 bits per heavy atom. The van der Waals surface area contributed by atoms with E-state index in [1.54, 1.807) is 42.5 Å². The lowest BCUT2D eigenvalue weighted by Gasteiger charge is -2.22. The van der Waals surface area contributed by atoms with E-state index in [9.17, 15) is 24.6 Å². The number of anilines is 1. The molecule has 0 aliphatic carbocycles. The van der Waals surface area contributed by atoms with Crippen molar-refractivity contribution in [2.45, 2.75) is 30.6 Å². The van der Waals surface area contributed by atoms with Gasteiger partial charge < -0.3 is 24.4 Å². The van der Waals surface area contributed by atoms with Crippen molar-refractivity contribution in [3.63, 3.8) is 0 Å². The molecule has 1 aromatic heterocycles. The lowest BCUT2D eigenvalue weighted by molar-refractivity contribution is -0.117. The molecule has 10 nitrogen and oxygen atoms in total. The van der Waals surface area contributed by atoms with Crippen LogP contribution in [0.5, 0.6) is 23.1 Å². The van der Waals surface area contributed by atoms with Crippen molar-refractivity contribution in [2.75, 3.05) is 25.2 Å². The monoisotopic (exact) mass is 732 g/mol. The van der Waals surface area contributed by atoms with Crippen LogP contribution in [0, 0.1) is 0 Å². The third-order valence-electron chi connectivity index (χ3n) is 8.04. The Hall–Kier alpha value is -4.75. The number of hydrogen-bond acceptors (Lipinski definition) is 10. The van der Waals surface area contributed by atoms with Crippen LogP contribution in [0.1, 0.15) is 33.2 Å². The van der Waals surface area contributed by atoms with Crippen LogP contribution in [0.3, 0.4) is 0 Å². The molecule has 4 aromatic carbocycles. The molecule has 1 aliphatic rings. The molecule has 1 aliphatic heterocycles. The summed E-state index contributed by atoms with van der Waals surface area (Å²) >= 11 is 7.96. The van der Waals surface area contributed by atoms with Crippen LogP contribution in [0.25, 0.3) is 0 Å². The van der Waals surface area contributed by atoms with Crippen LogP contribution in [-0.4, -0.2) is 51.9 Å². The average molecular weight is 733 g/mol. The summed E-state index contributed by atoms with van der Waals surface area (Å²) in [6, 6.07) is 27.1. The summed E-state index contributed by atoms with van der Waals surface area (Å²) in [5, 5.41) is 20.6. The number of aromatic amines is 1. The Balaban J connectivity index is 1.06. The molecule has 2 amide bonds. The second kappa shape index (κ2) is 15.9. The molecule has 0 saturated carbocycles. The summed E-state index contributed by atoms with van der Waals surface area (Å²) in [6.07, 6.45) is 0.299. The summed E-state index contributed by atoms with van der Waals surface area (Å²) in [7, 11) is 1.42. The highest BCUT2D eigenvalue weighted by molar-refractivity contribution is 8.15. The van der Waals surface area contributed by atoms with Gasteiger partial charge in [-0.2, -0.15) is 0 Å². The molecule has 1 fully saturated rings. The number of amides is 2. The zero-order valence-corrected chi connectivity index (χ0v) is 29.2. The van der Waals surface area contributed by atoms with Crippen molar-refractivity contribution in [1.82, 2.24) is 4.98 Å². The number of aromatic hydroxyl groups is 1. The van der Waals surface area contributed by atoms with Crippen LogP contribution >= 0.6 is 34.7 Å². The highest BCUT2D eigenvalue weighted by Crippen LogP contribution is 2.41. The number of imide groups is 1. The van der Waals surface area contributed by atoms with Gasteiger partial charge in [-0.25, -0.2) is 4.90 Å². The maximum Gasteiger partial charge on any atom is 0.307 e. The van der Waals surface area contributed by atoms with Gasteiger partial charge in [0, 0.05) is 23.4 Å². The van der Waals surface area contributed by atoms with E-state index in [2.05, 4.69) is 4.98 Å². The molecule has 0 spiro atoms. The van der Waals surface area contributed by atoms with Gasteiger partial charge in [0.15, 0.2) is 0 Å². The number of ether oxygens (including phenoxy) is 3. The number of aliphatic hydroxyl groups is 1. The average Bonchev–Trinajstić information content (AvgIpc) is 3.58. The van der Waals surface area contributed by atoms with Crippen LogP contribution in [-0.2, 0) is 24.1 Å². The molecule has 0 radical (unpaired) electrons. The smallest absolute Gasteiger partial charge is 0.307 e. The molecule has 2 heterocycles. The van der Waals surface area contributed by atoms with Gasteiger partial charge >= 0.3 is 4.87 Å². The number of rotatable bonds is 14. The highest BCUT2D eigenvalue weighted by atomic mass is 35.5. The van der Waals surface area contributed by atoms with Crippen molar-refractivity contribution in [3.8, 4) is 23.1 Å². The van der Waals surface area contributed by atoms with Gasteiger partial charge in [0.25, 0.3) is 5.24 Å². The van der Waals surface area contributed by atoms with Crippen LogP contribution < -0.4 is 24.0 Å². The minimum atomic E-state index is -1.14. The number of carbonyl (C=O) groups excluding carboxylic acids is 2. The topological polar surface area (TPSA) is 138 Å². The van der Waals surface area contributed by atoms with Gasteiger partial charge in [-0.05, 0) is 65.6 Å². The Morgan fingerprint density at radius 1 is 0.900 bits per heavy atom. The van der Waals surface area contributed by atoms with Gasteiger partial charge in [0.05, 0.1) is 29.5 Å². The van der Waals surface area contributed by atoms with E-state index >= 15 is 0 Å². The Bertz CT molecular complexity index is 2030. The van der Waals surface area contributed by atoms with Crippen molar-refractivity contribution >= 4 is 51.5 Å². The summed E-state index contributed by atoms with van der Waals surface area (Å²) < 4.78 is 17.3. The molecule has 5 aromatic rings. The van der Waals surface area contributed by atoms with Crippen molar-refractivity contribution < 1.29 is 34.0 Å². The SMILES string of the molecule is COc1c(C(O)COc2ccc(Cc3sc(=O)[nH]c3O)cc2)cccc1N1C(=O)SC(Cc2ccc(OCCc3cccc(Cl)c3)cc2)C1=O. The molecule has 2 unspecified atom stereocenters. The highest BCUT2D eigenvalue weighted by Gasteiger charge is 2.42. The first kappa shape index (κ1) is 35.1. The Labute approximate surface area is 301 Å². The number of thioether (sulfide) groups is 1. The second-order valence-electron chi connectivity index (χ2n) is 11.5. The van der Waals surface area contributed by atoms with Gasteiger partial charge in [-0.1, -0.05) is 83.2 Å². The quantitative estimate of drug-likeness (QED) is 0.111. The van der Waals surface area contributed by atoms with E-state index < -0.39 is 16.6 Å². The van der Waals surface area contributed by atoms with Crippen molar-refractivity contribution in [2.24, 2.45) is 0 Å². The minimum absolute atomic E-state index is 0.126. The molecule has 2 atom stereocenters. The van der Waals surface area contributed by atoms with E-state index in [1.807, 2.05) is 48.5 Å². The standard InChI is InChI=1S/C37H33ClN2O8S2/c1-46-33-28(30(41)21-48-27-14-10-23(11-15-27)19-31-34(42)39-36(44)49-31)6-3-7-29(33)40-35(43)32(50-37(40)45)20-24-8-12-26(13-9-24)47-17-16-22-4-2-5-25(38)18-22/h2-15,18,30,32,41-42H,16-17,19-21H2,1H3,(H,39,44). The van der Waals surface area contributed by atoms with E-state index in [0.717, 1.165) is 44.7 Å². The molecule has 1 saturated heterocycles. The number of hydrogen-bond donors (Lipinski definition) is 3. The third kappa shape index (κ3) is 8.33. The largest absolute Gasteiger partial charge is 0.494 e. The first-order valence-corrected chi connectivity index (χ1v) is 17.7. The summed E-state index contributed by atoms with van der Waals surface area (Å²) in [4.78, 5) is 41.9. The second-order valence-corrected chi connectivity index (χ2v) is 14.1. The third-order valence-corrected chi connectivity index (χ3v) is 10.2. The van der Waals surface area contributed by atoms with E-state index in [0.29, 0.717) is 52.8 Å². The summed E-state index contributed by atoms with van der Waals surface area (Å²) in [5.74, 6) is 0.892. The number of aromatic nitrogens is 1. The zero-order valence-electron chi connectivity index (χ0n) is 26.8. The van der Waals surface area contributed by atoms with Crippen LogP contribution in [0.4, 0.5) is 10.5 Å². The zero-order chi connectivity index (χ0) is 35.2. The number of benzene rings is 4. The fraction of sp³-hybridized carbons (Fsp3) is 0.216. The summed E-state index contributed by atoms with van der Waals surface area (Å²) in [5.41, 5.74) is 3.44. The Kier molecular flexibility index (Phi) is 11.1. The summed E-state index contributed by atoms with van der Waals surface area (Å²) in [6.45, 7) is 0.363. The van der Waals surface area contributed by atoms with E-state index in [1.165, 1.54) is 7.11 Å². The molecular weight excluding hydrogens is 700 g/mol. The van der Waals surface area contributed by atoms with Gasteiger partial charge in [0.1, 0.15) is 30.0 Å². The fourth-order valence-electron chi connectivity index (χ4n) is 5.55. The van der Waals surface area contributed by atoms with Gasteiger partial charge in [-0.3, -0.25) is 19.4 Å². The molecule has 258 valence electrons. The number of nitrogens with zero attached hydrogens (tertiary/aromatic N) is 1. The Morgan fingerprint density at radius 3 is 2.28 bits per heavy atom. The number of nitrogens with one attached hydrogen (secondary N) is 1. The predicted molar refractivity (Wildman–Crippen MR) is 194 cm³/mol. The molecular formula is C37H33ClN2O8S2. The molecule has 50 heavy (non-hydrogen) atoms.